The summed E-state index contributed by atoms with van der Waals surface area (Å²) in [6.45, 7) is 1.72. The molecule has 1 aromatic carbocycles. The van der Waals surface area contributed by atoms with E-state index in [0.717, 1.165) is 16.8 Å². The molecule has 0 saturated heterocycles. The van der Waals surface area contributed by atoms with E-state index in [4.69, 9.17) is 10.5 Å². The van der Waals surface area contributed by atoms with Crippen LogP contribution in [0.4, 0.5) is 8.78 Å². The first kappa shape index (κ1) is 15.1. The predicted octanol–water partition coefficient (Wildman–Crippen LogP) is 1.30. The largest absolute Gasteiger partial charge is 0.490 e. The lowest BCUT2D eigenvalue weighted by Crippen LogP contribution is -2.26. The summed E-state index contributed by atoms with van der Waals surface area (Å²) in [6, 6.07) is 4.54. The van der Waals surface area contributed by atoms with Gasteiger partial charge in [0.05, 0.1) is 12.7 Å². The third-order valence-electron chi connectivity index (χ3n) is 2.73. The van der Waals surface area contributed by atoms with Gasteiger partial charge in [0.1, 0.15) is 24.0 Å². The van der Waals surface area contributed by atoms with E-state index < -0.39 is 17.2 Å². The van der Waals surface area contributed by atoms with Gasteiger partial charge in [-0.15, -0.1) is 0 Å². The summed E-state index contributed by atoms with van der Waals surface area (Å²) in [6.07, 6.45) is 1.31. The molecule has 0 aliphatic heterocycles. The number of rotatable bonds is 5. The van der Waals surface area contributed by atoms with E-state index in [0.29, 0.717) is 0 Å². The second-order valence-electron chi connectivity index (χ2n) is 4.68. The van der Waals surface area contributed by atoms with Crippen molar-refractivity contribution in [3.05, 3.63) is 58.0 Å². The quantitative estimate of drug-likeness (QED) is 0.902. The number of aromatic nitrogens is 2. The zero-order chi connectivity index (χ0) is 15.4. The molecule has 0 amide bonds. The van der Waals surface area contributed by atoms with Gasteiger partial charge in [0.25, 0.3) is 5.56 Å². The van der Waals surface area contributed by atoms with Crippen LogP contribution in [0.25, 0.3) is 0 Å². The van der Waals surface area contributed by atoms with Gasteiger partial charge < -0.3 is 10.5 Å². The van der Waals surface area contributed by atoms with E-state index in [9.17, 15) is 13.6 Å². The maximum absolute atomic E-state index is 13.5. The Bertz CT molecular complexity index is 666. The molecule has 0 bridgehead atoms. The van der Waals surface area contributed by atoms with Gasteiger partial charge in [-0.2, -0.15) is 5.10 Å². The highest BCUT2D eigenvalue weighted by molar-refractivity contribution is 5.20. The molecule has 1 atom stereocenters. The molecule has 1 aromatic heterocycles. The second kappa shape index (κ2) is 6.45. The average Bonchev–Trinajstić information content (AvgIpc) is 2.42. The Morgan fingerprint density at radius 3 is 2.62 bits per heavy atom. The van der Waals surface area contributed by atoms with Crippen LogP contribution in [0.3, 0.4) is 0 Å². The molecule has 0 aliphatic rings. The van der Waals surface area contributed by atoms with Crippen molar-refractivity contribution < 1.29 is 13.5 Å². The third kappa shape index (κ3) is 3.85. The fourth-order valence-corrected chi connectivity index (χ4v) is 1.68. The van der Waals surface area contributed by atoms with Crippen LogP contribution in [0.1, 0.15) is 12.5 Å². The van der Waals surface area contributed by atoms with Crippen molar-refractivity contribution in [3.63, 3.8) is 0 Å². The molecular formula is C14H15F2N3O2. The van der Waals surface area contributed by atoms with Crippen molar-refractivity contribution >= 4 is 0 Å². The predicted molar refractivity (Wildman–Crippen MR) is 73.1 cm³/mol. The molecule has 5 nitrogen and oxygen atoms in total. The van der Waals surface area contributed by atoms with Crippen molar-refractivity contribution in [1.82, 2.24) is 9.78 Å². The Hall–Kier alpha value is -2.28. The monoisotopic (exact) mass is 295 g/mol. The van der Waals surface area contributed by atoms with E-state index in [1.165, 1.54) is 18.3 Å². The van der Waals surface area contributed by atoms with Gasteiger partial charge in [0.15, 0.2) is 0 Å². The van der Waals surface area contributed by atoms with Crippen molar-refractivity contribution in [2.45, 2.75) is 19.5 Å². The summed E-state index contributed by atoms with van der Waals surface area (Å²) in [5.74, 6) is -1.18. The highest BCUT2D eigenvalue weighted by Gasteiger charge is 2.11. The number of hydrogen-bond acceptors (Lipinski definition) is 4. The van der Waals surface area contributed by atoms with E-state index >= 15 is 0 Å². The van der Waals surface area contributed by atoms with Crippen LogP contribution in [-0.2, 0) is 6.54 Å². The Labute approximate surface area is 120 Å². The summed E-state index contributed by atoms with van der Waals surface area (Å²) in [5, 5.41) is 3.84. The Morgan fingerprint density at radius 2 is 2.05 bits per heavy atom. The van der Waals surface area contributed by atoms with E-state index in [-0.39, 0.29) is 30.5 Å². The number of halogens is 2. The first-order valence-corrected chi connectivity index (χ1v) is 6.36. The number of hydrogen-bond donors (Lipinski definition) is 1. The minimum atomic E-state index is -0.721. The Balaban J connectivity index is 2.20. The highest BCUT2D eigenvalue weighted by Crippen LogP contribution is 2.13. The first-order valence-electron chi connectivity index (χ1n) is 6.36. The van der Waals surface area contributed by atoms with Gasteiger partial charge >= 0.3 is 0 Å². The standard InChI is InChI=1S/C14H15F2N3O2/c1-9(17)8-21-10-5-14(20)19(18-6-10)7-11-12(15)3-2-4-13(11)16/h2-6,9H,7-8,17H2,1H3. The summed E-state index contributed by atoms with van der Waals surface area (Å²) >= 11 is 0. The average molecular weight is 295 g/mol. The molecule has 1 unspecified atom stereocenters. The SMILES string of the molecule is CC(N)COc1cnn(Cc2c(F)cccc2F)c(=O)c1. The van der Waals surface area contributed by atoms with Crippen LogP contribution < -0.4 is 16.0 Å². The van der Waals surface area contributed by atoms with Crippen molar-refractivity contribution in [2.75, 3.05) is 6.61 Å². The van der Waals surface area contributed by atoms with Gasteiger partial charge in [-0.1, -0.05) is 6.07 Å². The normalized spacial score (nSPS) is 12.2. The number of nitrogens with zero attached hydrogens (tertiary/aromatic N) is 2. The topological polar surface area (TPSA) is 70.1 Å². The van der Waals surface area contributed by atoms with Gasteiger partial charge in [0.2, 0.25) is 0 Å². The zero-order valence-electron chi connectivity index (χ0n) is 11.4. The maximum atomic E-state index is 13.5. The van der Waals surface area contributed by atoms with Crippen LogP contribution in [0, 0.1) is 11.6 Å². The fraction of sp³-hybridized carbons (Fsp3) is 0.286. The molecule has 1 heterocycles. The summed E-state index contributed by atoms with van der Waals surface area (Å²) in [7, 11) is 0. The zero-order valence-corrected chi connectivity index (χ0v) is 11.4. The number of nitrogens with two attached hydrogens (primary N) is 1. The van der Waals surface area contributed by atoms with Gasteiger partial charge in [0, 0.05) is 17.7 Å². The molecular weight excluding hydrogens is 280 g/mol. The minimum Gasteiger partial charge on any atom is -0.490 e. The van der Waals surface area contributed by atoms with Gasteiger partial charge in [-0.3, -0.25) is 4.79 Å². The molecule has 112 valence electrons. The molecule has 0 spiro atoms. The minimum absolute atomic E-state index is 0.181. The Kier molecular flexibility index (Phi) is 4.64. The summed E-state index contributed by atoms with van der Waals surface area (Å²) in [5.41, 5.74) is 4.81. The van der Waals surface area contributed by atoms with E-state index in [1.54, 1.807) is 6.92 Å². The molecule has 7 heteroatoms. The fourth-order valence-electron chi connectivity index (χ4n) is 1.68. The van der Waals surface area contributed by atoms with Crippen molar-refractivity contribution in [3.8, 4) is 5.75 Å². The molecule has 2 rings (SSSR count). The molecule has 2 aromatic rings. The second-order valence-corrected chi connectivity index (χ2v) is 4.68. The third-order valence-corrected chi connectivity index (χ3v) is 2.73. The van der Waals surface area contributed by atoms with Crippen LogP contribution in [0.15, 0.2) is 35.3 Å². The number of benzene rings is 1. The molecule has 21 heavy (non-hydrogen) atoms. The molecule has 0 radical (unpaired) electrons. The lowest BCUT2D eigenvalue weighted by atomic mass is 10.2. The summed E-state index contributed by atoms with van der Waals surface area (Å²) in [4.78, 5) is 11.9. The lowest BCUT2D eigenvalue weighted by molar-refractivity contribution is 0.293. The maximum Gasteiger partial charge on any atom is 0.270 e. The first-order chi connectivity index (χ1) is 9.97. The summed E-state index contributed by atoms with van der Waals surface area (Å²) < 4.78 is 33.3. The van der Waals surface area contributed by atoms with Crippen LogP contribution in [-0.4, -0.2) is 22.4 Å². The molecule has 0 saturated carbocycles. The van der Waals surface area contributed by atoms with E-state index in [1.807, 2.05) is 0 Å². The van der Waals surface area contributed by atoms with E-state index in [2.05, 4.69) is 5.10 Å². The van der Waals surface area contributed by atoms with Crippen LogP contribution in [0.2, 0.25) is 0 Å². The Morgan fingerprint density at radius 1 is 1.38 bits per heavy atom. The molecule has 0 fully saturated rings. The van der Waals surface area contributed by atoms with Gasteiger partial charge in [-0.25, -0.2) is 13.5 Å². The lowest BCUT2D eigenvalue weighted by Gasteiger charge is -2.10. The van der Waals surface area contributed by atoms with Crippen LogP contribution >= 0.6 is 0 Å². The van der Waals surface area contributed by atoms with Crippen LogP contribution in [0.5, 0.6) is 5.75 Å². The molecule has 0 aliphatic carbocycles. The highest BCUT2D eigenvalue weighted by atomic mass is 19.1. The van der Waals surface area contributed by atoms with Crippen molar-refractivity contribution in [2.24, 2.45) is 5.73 Å². The number of ether oxygens (including phenoxy) is 1. The smallest absolute Gasteiger partial charge is 0.270 e. The van der Waals surface area contributed by atoms with Crippen molar-refractivity contribution in [1.29, 1.82) is 0 Å². The molecule has 2 N–H and O–H groups in total. The van der Waals surface area contributed by atoms with Gasteiger partial charge in [-0.05, 0) is 19.1 Å².